The van der Waals surface area contributed by atoms with Crippen LogP contribution in [0.3, 0.4) is 0 Å². The van der Waals surface area contributed by atoms with Crippen LogP contribution in [0.25, 0.3) is 0 Å². The van der Waals surface area contributed by atoms with Crippen molar-refractivity contribution in [2.75, 3.05) is 33.2 Å². The summed E-state index contributed by atoms with van der Waals surface area (Å²) in [5, 5.41) is 0. The Morgan fingerprint density at radius 2 is 1.94 bits per heavy atom. The summed E-state index contributed by atoms with van der Waals surface area (Å²) < 4.78 is 0. The van der Waals surface area contributed by atoms with Crippen LogP contribution in [-0.2, 0) is 4.79 Å². The Kier molecular flexibility index (Phi) is 5.81. The lowest BCUT2D eigenvalue weighted by Gasteiger charge is -2.33. The van der Waals surface area contributed by atoms with Crippen molar-refractivity contribution in [2.24, 2.45) is 5.92 Å². The first-order valence-electron chi connectivity index (χ1n) is 6.63. The van der Waals surface area contributed by atoms with Crippen LogP contribution in [0.1, 0.15) is 39.5 Å². The third-order valence-electron chi connectivity index (χ3n) is 3.44. The first-order valence-corrected chi connectivity index (χ1v) is 6.63. The molecule has 1 saturated heterocycles. The second-order valence-electron chi connectivity index (χ2n) is 4.94. The number of carbonyl (C=O) groups excluding carboxylic acids is 1. The van der Waals surface area contributed by atoms with Gasteiger partial charge in [-0.05, 0) is 38.8 Å². The van der Waals surface area contributed by atoms with Gasteiger partial charge in [-0.3, -0.25) is 4.79 Å². The zero-order valence-electron chi connectivity index (χ0n) is 11.0. The highest BCUT2D eigenvalue weighted by Crippen LogP contribution is 2.18. The van der Waals surface area contributed by atoms with Crippen molar-refractivity contribution in [3.8, 4) is 0 Å². The minimum Gasteiger partial charge on any atom is -0.343 e. The summed E-state index contributed by atoms with van der Waals surface area (Å²) >= 11 is 0. The van der Waals surface area contributed by atoms with Crippen molar-refractivity contribution in [2.45, 2.75) is 39.5 Å². The van der Waals surface area contributed by atoms with Gasteiger partial charge in [-0.25, -0.2) is 0 Å². The van der Waals surface area contributed by atoms with Crippen molar-refractivity contribution in [3.63, 3.8) is 0 Å². The average molecular weight is 226 g/mol. The predicted molar refractivity (Wildman–Crippen MR) is 67.4 cm³/mol. The highest BCUT2D eigenvalue weighted by molar-refractivity contribution is 5.75. The summed E-state index contributed by atoms with van der Waals surface area (Å²) in [4.78, 5) is 16.0. The summed E-state index contributed by atoms with van der Waals surface area (Å²) in [7, 11) is 2.20. The van der Waals surface area contributed by atoms with E-state index in [2.05, 4.69) is 18.9 Å². The van der Waals surface area contributed by atoms with Gasteiger partial charge in [-0.1, -0.05) is 13.8 Å². The molecule has 1 amide bonds. The molecule has 0 atom stereocenters. The zero-order chi connectivity index (χ0) is 12.0. The molecule has 1 aliphatic rings. The van der Waals surface area contributed by atoms with E-state index in [-0.39, 0.29) is 0 Å². The number of piperidine rings is 1. The Morgan fingerprint density at radius 1 is 1.31 bits per heavy atom. The molecule has 1 rings (SSSR count). The molecule has 0 unspecified atom stereocenters. The minimum atomic E-state index is 0.320. The van der Waals surface area contributed by atoms with E-state index in [4.69, 9.17) is 0 Å². The monoisotopic (exact) mass is 226 g/mol. The second kappa shape index (κ2) is 6.89. The van der Waals surface area contributed by atoms with Gasteiger partial charge < -0.3 is 9.80 Å². The van der Waals surface area contributed by atoms with Gasteiger partial charge in [0.2, 0.25) is 5.91 Å². The summed E-state index contributed by atoms with van der Waals surface area (Å²) in [5.41, 5.74) is 0. The molecule has 0 spiro atoms. The fourth-order valence-corrected chi connectivity index (χ4v) is 2.50. The first kappa shape index (κ1) is 13.5. The van der Waals surface area contributed by atoms with E-state index in [1.54, 1.807) is 0 Å². The average Bonchev–Trinajstić information content (AvgIpc) is 2.29. The van der Waals surface area contributed by atoms with E-state index in [9.17, 15) is 4.79 Å². The minimum absolute atomic E-state index is 0.320. The fraction of sp³-hybridized carbons (Fsp3) is 0.923. The topological polar surface area (TPSA) is 23.6 Å². The molecule has 3 nitrogen and oxygen atoms in total. The third kappa shape index (κ3) is 4.12. The molecular formula is C13H26N2O. The lowest BCUT2D eigenvalue weighted by Crippen LogP contribution is -2.40. The van der Waals surface area contributed by atoms with Crippen LogP contribution < -0.4 is 0 Å². The zero-order valence-corrected chi connectivity index (χ0v) is 11.0. The molecule has 0 N–H and O–H groups in total. The van der Waals surface area contributed by atoms with E-state index in [0.29, 0.717) is 12.3 Å². The maximum Gasteiger partial charge on any atom is 0.222 e. The Labute approximate surface area is 99.8 Å². The van der Waals surface area contributed by atoms with Crippen molar-refractivity contribution in [1.29, 1.82) is 0 Å². The quantitative estimate of drug-likeness (QED) is 0.715. The van der Waals surface area contributed by atoms with Gasteiger partial charge in [-0.2, -0.15) is 0 Å². The van der Waals surface area contributed by atoms with Crippen LogP contribution in [-0.4, -0.2) is 48.9 Å². The third-order valence-corrected chi connectivity index (χ3v) is 3.44. The Bertz CT molecular complexity index is 210. The lowest BCUT2D eigenvalue weighted by atomic mass is 9.96. The largest absolute Gasteiger partial charge is 0.343 e. The number of hydrogen-bond donors (Lipinski definition) is 0. The molecular weight excluding hydrogens is 200 g/mol. The molecule has 0 radical (unpaired) electrons. The maximum absolute atomic E-state index is 11.5. The highest BCUT2D eigenvalue weighted by atomic mass is 16.2. The van der Waals surface area contributed by atoms with Crippen molar-refractivity contribution >= 4 is 5.91 Å². The van der Waals surface area contributed by atoms with Gasteiger partial charge in [0.05, 0.1) is 0 Å². The van der Waals surface area contributed by atoms with Gasteiger partial charge in [0.25, 0.3) is 0 Å². The summed E-state index contributed by atoms with van der Waals surface area (Å²) in [6.07, 6.45) is 4.24. The van der Waals surface area contributed by atoms with Gasteiger partial charge in [0, 0.05) is 26.1 Å². The van der Waals surface area contributed by atoms with Gasteiger partial charge in [0.15, 0.2) is 0 Å². The van der Waals surface area contributed by atoms with Crippen LogP contribution in [0.5, 0.6) is 0 Å². The maximum atomic E-state index is 11.5. The van der Waals surface area contributed by atoms with E-state index < -0.39 is 0 Å². The first-order chi connectivity index (χ1) is 7.67. The number of carbonyl (C=O) groups is 1. The van der Waals surface area contributed by atoms with Crippen LogP contribution >= 0.6 is 0 Å². The molecule has 16 heavy (non-hydrogen) atoms. The smallest absolute Gasteiger partial charge is 0.222 e. The van der Waals surface area contributed by atoms with E-state index in [1.165, 1.54) is 32.4 Å². The van der Waals surface area contributed by atoms with Gasteiger partial charge in [0.1, 0.15) is 0 Å². The summed E-state index contributed by atoms with van der Waals surface area (Å²) in [6, 6.07) is 0. The molecule has 0 aromatic carbocycles. The molecule has 0 aliphatic carbocycles. The summed E-state index contributed by atoms with van der Waals surface area (Å²) in [6.45, 7) is 8.49. The standard InChI is InChI=1S/C13H26N2O/c1-4-8-14(3)11-12-6-9-15(10-7-12)13(16)5-2/h12H,4-11H2,1-3H3. The van der Waals surface area contributed by atoms with Gasteiger partial charge >= 0.3 is 0 Å². The van der Waals surface area contributed by atoms with Crippen LogP contribution in [0, 0.1) is 5.92 Å². The van der Waals surface area contributed by atoms with Gasteiger partial charge in [-0.15, -0.1) is 0 Å². The van der Waals surface area contributed by atoms with Crippen LogP contribution in [0.15, 0.2) is 0 Å². The van der Waals surface area contributed by atoms with Crippen molar-refractivity contribution in [3.05, 3.63) is 0 Å². The highest BCUT2D eigenvalue weighted by Gasteiger charge is 2.22. The lowest BCUT2D eigenvalue weighted by molar-refractivity contribution is -0.132. The Hall–Kier alpha value is -0.570. The Balaban J connectivity index is 2.24. The molecule has 0 saturated carbocycles. The molecule has 3 heteroatoms. The fourth-order valence-electron chi connectivity index (χ4n) is 2.50. The van der Waals surface area contributed by atoms with E-state index >= 15 is 0 Å². The normalized spacial score (nSPS) is 18.1. The number of amides is 1. The molecule has 1 fully saturated rings. The SMILES string of the molecule is CCCN(C)CC1CCN(C(=O)CC)CC1. The van der Waals surface area contributed by atoms with E-state index in [1.807, 2.05) is 11.8 Å². The Morgan fingerprint density at radius 3 is 2.44 bits per heavy atom. The van der Waals surface area contributed by atoms with E-state index in [0.717, 1.165) is 19.0 Å². The summed E-state index contributed by atoms with van der Waals surface area (Å²) in [5.74, 6) is 1.11. The predicted octanol–water partition coefficient (Wildman–Crippen LogP) is 1.98. The van der Waals surface area contributed by atoms with Crippen molar-refractivity contribution in [1.82, 2.24) is 9.80 Å². The number of rotatable bonds is 5. The molecule has 0 aromatic heterocycles. The molecule has 0 bridgehead atoms. The van der Waals surface area contributed by atoms with Crippen molar-refractivity contribution < 1.29 is 4.79 Å². The number of hydrogen-bond acceptors (Lipinski definition) is 2. The molecule has 0 aromatic rings. The number of nitrogens with zero attached hydrogens (tertiary/aromatic N) is 2. The second-order valence-corrected chi connectivity index (χ2v) is 4.94. The van der Waals surface area contributed by atoms with Crippen LogP contribution in [0.4, 0.5) is 0 Å². The molecule has 1 aliphatic heterocycles. The van der Waals surface area contributed by atoms with Crippen LogP contribution in [0.2, 0.25) is 0 Å². The molecule has 1 heterocycles. The number of likely N-dealkylation sites (tertiary alicyclic amines) is 1. The molecule has 94 valence electrons.